The van der Waals surface area contributed by atoms with Crippen LogP contribution in [0.5, 0.6) is 0 Å². The molecule has 0 atom stereocenters. The first-order chi connectivity index (χ1) is 11.8. The first-order valence-electron chi connectivity index (χ1n) is 8.79. The third-order valence-corrected chi connectivity index (χ3v) is 4.73. The van der Waals surface area contributed by atoms with Crippen molar-refractivity contribution in [2.24, 2.45) is 4.99 Å². The number of pyridine rings is 1. The summed E-state index contributed by atoms with van der Waals surface area (Å²) in [5, 5.41) is 0. The molecule has 2 aromatic heterocycles. The average molecular weight is 321 g/mol. The maximum atomic E-state index is 4.81. The molecule has 24 heavy (non-hydrogen) atoms. The molecule has 2 aliphatic heterocycles. The fourth-order valence-electron chi connectivity index (χ4n) is 3.49. The second-order valence-corrected chi connectivity index (χ2v) is 6.78. The van der Waals surface area contributed by atoms with Crippen LogP contribution in [0.4, 0.5) is 0 Å². The Morgan fingerprint density at radius 3 is 2.92 bits per heavy atom. The van der Waals surface area contributed by atoms with Crippen molar-refractivity contribution in [3.63, 3.8) is 0 Å². The lowest BCUT2D eigenvalue weighted by atomic mass is 10.0. The standard InChI is InChI=1S/C19H23N5/c1-14-8-15(10-20-9-14)12-24-7-5-17-16(13-24)11-22-19(23-17)18-4-2-3-6-21-18/h8-11H,2-7,12-13H2,1H3. The summed E-state index contributed by atoms with van der Waals surface area (Å²) in [5.74, 6) is 0.852. The van der Waals surface area contributed by atoms with Gasteiger partial charge in [-0.2, -0.15) is 0 Å². The van der Waals surface area contributed by atoms with E-state index < -0.39 is 0 Å². The second kappa shape index (κ2) is 6.77. The Hall–Kier alpha value is -2.14. The van der Waals surface area contributed by atoms with E-state index in [2.05, 4.69) is 32.9 Å². The molecule has 124 valence electrons. The van der Waals surface area contributed by atoms with Crippen LogP contribution in [0, 0.1) is 6.92 Å². The summed E-state index contributed by atoms with van der Waals surface area (Å²) in [4.78, 5) is 20.7. The first kappa shape index (κ1) is 15.4. The molecule has 0 aliphatic carbocycles. The van der Waals surface area contributed by atoms with Crippen molar-refractivity contribution in [2.45, 2.75) is 45.7 Å². The molecular formula is C19H23N5. The fourth-order valence-corrected chi connectivity index (χ4v) is 3.49. The van der Waals surface area contributed by atoms with Crippen molar-refractivity contribution in [2.75, 3.05) is 13.1 Å². The summed E-state index contributed by atoms with van der Waals surface area (Å²) >= 11 is 0. The van der Waals surface area contributed by atoms with E-state index in [4.69, 9.17) is 4.98 Å². The number of aromatic nitrogens is 3. The maximum absolute atomic E-state index is 4.81. The smallest absolute Gasteiger partial charge is 0.173 e. The van der Waals surface area contributed by atoms with E-state index in [9.17, 15) is 0 Å². The van der Waals surface area contributed by atoms with Crippen LogP contribution in [0.1, 0.15) is 47.5 Å². The molecule has 0 saturated carbocycles. The zero-order valence-corrected chi connectivity index (χ0v) is 14.2. The Kier molecular flexibility index (Phi) is 4.34. The molecular weight excluding hydrogens is 298 g/mol. The van der Waals surface area contributed by atoms with Crippen LogP contribution < -0.4 is 0 Å². The number of fused-ring (bicyclic) bond motifs is 1. The molecule has 0 fully saturated rings. The van der Waals surface area contributed by atoms with Crippen LogP contribution in [0.25, 0.3) is 0 Å². The number of aliphatic imine (C=N–C) groups is 1. The van der Waals surface area contributed by atoms with Gasteiger partial charge in [-0.15, -0.1) is 0 Å². The zero-order valence-electron chi connectivity index (χ0n) is 14.2. The van der Waals surface area contributed by atoms with E-state index >= 15 is 0 Å². The third-order valence-electron chi connectivity index (χ3n) is 4.73. The molecule has 5 heteroatoms. The monoisotopic (exact) mass is 321 g/mol. The van der Waals surface area contributed by atoms with Crippen LogP contribution in [0.15, 0.2) is 29.6 Å². The summed E-state index contributed by atoms with van der Waals surface area (Å²) in [6.07, 6.45) is 10.3. The minimum atomic E-state index is 0.852. The number of rotatable bonds is 3. The molecule has 0 bridgehead atoms. The number of nitrogens with zero attached hydrogens (tertiary/aromatic N) is 5. The lowest BCUT2D eigenvalue weighted by Crippen LogP contribution is -2.31. The van der Waals surface area contributed by atoms with Gasteiger partial charge in [0.05, 0.1) is 11.4 Å². The van der Waals surface area contributed by atoms with Gasteiger partial charge in [0.2, 0.25) is 0 Å². The van der Waals surface area contributed by atoms with Crippen LogP contribution in [-0.4, -0.2) is 38.7 Å². The molecule has 5 nitrogen and oxygen atoms in total. The van der Waals surface area contributed by atoms with Gasteiger partial charge in [0.15, 0.2) is 5.82 Å². The summed E-state index contributed by atoms with van der Waals surface area (Å²) in [5.41, 5.74) is 6.03. The van der Waals surface area contributed by atoms with E-state index in [-0.39, 0.29) is 0 Å². The van der Waals surface area contributed by atoms with Gasteiger partial charge < -0.3 is 0 Å². The summed E-state index contributed by atoms with van der Waals surface area (Å²) in [6.45, 7) is 5.89. The number of hydrogen-bond acceptors (Lipinski definition) is 5. The van der Waals surface area contributed by atoms with Gasteiger partial charge in [-0.1, -0.05) is 6.07 Å². The van der Waals surface area contributed by atoms with Crippen molar-refractivity contribution in [3.05, 3.63) is 52.9 Å². The second-order valence-electron chi connectivity index (χ2n) is 6.78. The highest BCUT2D eigenvalue weighted by atomic mass is 15.1. The Bertz CT molecular complexity index is 768. The molecule has 0 N–H and O–H groups in total. The highest BCUT2D eigenvalue weighted by Crippen LogP contribution is 2.20. The number of aryl methyl sites for hydroxylation is 1. The van der Waals surface area contributed by atoms with Crippen molar-refractivity contribution in [1.29, 1.82) is 0 Å². The minimum Gasteiger partial charge on any atom is -0.294 e. The SMILES string of the molecule is Cc1cncc(CN2CCc3nc(C4=NCCCC4)ncc3C2)c1. The lowest BCUT2D eigenvalue weighted by Gasteiger charge is -2.28. The average Bonchev–Trinajstić information content (AvgIpc) is 2.62. The van der Waals surface area contributed by atoms with Crippen molar-refractivity contribution >= 4 is 5.71 Å². The molecule has 0 saturated heterocycles. The summed E-state index contributed by atoms with van der Waals surface area (Å²) in [6, 6.07) is 2.21. The van der Waals surface area contributed by atoms with Crippen molar-refractivity contribution < 1.29 is 0 Å². The van der Waals surface area contributed by atoms with Crippen LogP contribution in [-0.2, 0) is 19.5 Å². The molecule has 4 heterocycles. The Labute approximate surface area is 142 Å². The van der Waals surface area contributed by atoms with Gasteiger partial charge in [0.1, 0.15) is 0 Å². The van der Waals surface area contributed by atoms with Gasteiger partial charge >= 0.3 is 0 Å². The Morgan fingerprint density at radius 2 is 2.08 bits per heavy atom. The van der Waals surface area contributed by atoms with E-state index in [1.54, 1.807) is 0 Å². The Balaban J connectivity index is 1.48. The van der Waals surface area contributed by atoms with Crippen molar-refractivity contribution in [3.8, 4) is 0 Å². The lowest BCUT2D eigenvalue weighted by molar-refractivity contribution is 0.242. The molecule has 0 amide bonds. The highest BCUT2D eigenvalue weighted by Gasteiger charge is 2.20. The van der Waals surface area contributed by atoms with Crippen LogP contribution in [0.3, 0.4) is 0 Å². The van der Waals surface area contributed by atoms with Gasteiger partial charge in [0, 0.05) is 56.8 Å². The Morgan fingerprint density at radius 1 is 1.12 bits per heavy atom. The van der Waals surface area contributed by atoms with Crippen LogP contribution in [0.2, 0.25) is 0 Å². The molecule has 0 radical (unpaired) electrons. The quantitative estimate of drug-likeness (QED) is 0.872. The zero-order chi connectivity index (χ0) is 16.4. The summed E-state index contributed by atoms with van der Waals surface area (Å²) < 4.78 is 0. The molecule has 0 unspecified atom stereocenters. The molecule has 4 rings (SSSR count). The minimum absolute atomic E-state index is 0.852. The molecule has 0 aromatic carbocycles. The van der Waals surface area contributed by atoms with Gasteiger partial charge in [-0.3, -0.25) is 14.9 Å². The summed E-state index contributed by atoms with van der Waals surface area (Å²) in [7, 11) is 0. The molecule has 2 aromatic rings. The van der Waals surface area contributed by atoms with Crippen molar-refractivity contribution in [1.82, 2.24) is 19.9 Å². The maximum Gasteiger partial charge on any atom is 0.173 e. The van der Waals surface area contributed by atoms with Gasteiger partial charge in [-0.05, 0) is 37.3 Å². The molecule has 2 aliphatic rings. The third kappa shape index (κ3) is 3.36. The number of hydrogen-bond donors (Lipinski definition) is 0. The fraction of sp³-hybridized carbons (Fsp3) is 0.474. The van der Waals surface area contributed by atoms with E-state index in [1.807, 2.05) is 18.6 Å². The molecule has 0 spiro atoms. The topological polar surface area (TPSA) is 54.3 Å². The normalized spacial score (nSPS) is 18.1. The largest absolute Gasteiger partial charge is 0.294 e. The van der Waals surface area contributed by atoms with E-state index in [1.165, 1.54) is 35.2 Å². The predicted octanol–water partition coefficient (Wildman–Crippen LogP) is 2.71. The first-order valence-corrected chi connectivity index (χ1v) is 8.79. The van der Waals surface area contributed by atoms with Gasteiger partial charge in [-0.25, -0.2) is 9.97 Å². The van der Waals surface area contributed by atoms with Gasteiger partial charge in [0.25, 0.3) is 0 Å². The van der Waals surface area contributed by atoms with E-state index in [0.29, 0.717) is 0 Å². The van der Waals surface area contributed by atoms with Crippen LogP contribution >= 0.6 is 0 Å². The highest BCUT2D eigenvalue weighted by molar-refractivity contribution is 5.97. The predicted molar refractivity (Wildman–Crippen MR) is 94.1 cm³/mol. The van der Waals surface area contributed by atoms with E-state index in [0.717, 1.165) is 50.6 Å².